The van der Waals surface area contributed by atoms with Gasteiger partial charge in [0.15, 0.2) is 7.37 Å². The highest BCUT2D eigenvalue weighted by Gasteiger charge is 2.07. The summed E-state index contributed by atoms with van der Waals surface area (Å²) in [7, 11) is -2.83. The summed E-state index contributed by atoms with van der Waals surface area (Å²) >= 11 is 0. The first kappa shape index (κ1) is 11.3. The Kier molecular flexibility index (Phi) is 4.18. The molecule has 3 nitrogen and oxygen atoms in total. The lowest BCUT2D eigenvalue weighted by Crippen LogP contribution is -2.03. The molecule has 0 aliphatic carbocycles. The first-order valence-electron chi connectivity index (χ1n) is 4.66. The summed E-state index contributed by atoms with van der Waals surface area (Å²) in [5.41, 5.74) is 1.05. The van der Waals surface area contributed by atoms with Crippen molar-refractivity contribution in [3.8, 4) is 0 Å². The van der Waals surface area contributed by atoms with Crippen LogP contribution in [0.25, 0.3) is 0 Å². The Balaban J connectivity index is 2.20. The zero-order valence-electron chi connectivity index (χ0n) is 8.31. The van der Waals surface area contributed by atoms with Crippen LogP contribution in [0.5, 0.6) is 0 Å². The van der Waals surface area contributed by atoms with Crippen molar-refractivity contribution in [2.24, 2.45) is 0 Å². The smallest absolute Gasteiger partial charge is 0.197 e. The summed E-state index contributed by atoms with van der Waals surface area (Å²) in [5.74, 6) is 0. The van der Waals surface area contributed by atoms with Gasteiger partial charge in [0.25, 0.3) is 0 Å². The summed E-state index contributed by atoms with van der Waals surface area (Å²) in [6, 6.07) is 9.83. The third kappa shape index (κ3) is 5.05. The molecule has 0 spiro atoms. The van der Waals surface area contributed by atoms with E-state index in [0.717, 1.165) is 18.7 Å². The number of rotatable bonds is 5. The van der Waals surface area contributed by atoms with Crippen LogP contribution in [-0.2, 0) is 4.57 Å². The molecule has 0 saturated carbocycles. The van der Waals surface area contributed by atoms with E-state index < -0.39 is 7.37 Å². The van der Waals surface area contributed by atoms with Gasteiger partial charge in [-0.1, -0.05) is 18.2 Å². The summed E-state index contributed by atoms with van der Waals surface area (Å²) in [5, 5.41) is 3.18. The quantitative estimate of drug-likeness (QED) is 0.583. The zero-order chi connectivity index (χ0) is 10.4. The van der Waals surface area contributed by atoms with Crippen molar-refractivity contribution in [1.29, 1.82) is 0 Å². The van der Waals surface area contributed by atoms with Crippen molar-refractivity contribution < 1.29 is 9.46 Å². The van der Waals surface area contributed by atoms with E-state index in [2.05, 4.69) is 5.32 Å². The number of hydrogen-bond acceptors (Lipinski definition) is 2. The van der Waals surface area contributed by atoms with Crippen LogP contribution in [0, 0.1) is 0 Å². The molecule has 1 atom stereocenters. The Morgan fingerprint density at radius 2 is 2.00 bits per heavy atom. The van der Waals surface area contributed by atoms with Gasteiger partial charge >= 0.3 is 0 Å². The molecule has 0 aliphatic rings. The van der Waals surface area contributed by atoms with E-state index in [1.165, 1.54) is 6.66 Å². The van der Waals surface area contributed by atoms with E-state index in [9.17, 15) is 4.57 Å². The predicted molar refractivity (Wildman–Crippen MR) is 60.2 cm³/mol. The first-order valence-corrected chi connectivity index (χ1v) is 6.95. The highest BCUT2D eigenvalue weighted by molar-refractivity contribution is 7.57. The van der Waals surface area contributed by atoms with Gasteiger partial charge in [0, 0.05) is 25.1 Å². The molecule has 0 heterocycles. The molecule has 2 N–H and O–H groups in total. The lowest BCUT2D eigenvalue weighted by atomic mass is 10.3. The second-order valence-electron chi connectivity index (χ2n) is 3.42. The molecule has 0 radical (unpaired) electrons. The van der Waals surface area contributed by atoms with E-state index in [4.69, 9.17) is 4.89 Å². The lowest BCUT2D eigenvalue weighted by Gasteiger charge is -2.07. The van der Waals surface area contributed by atoms with Crippen LogP contribution in [0.15, 0.2) is 30.3 Å². The number of para-hydroxylation sites is 1. The maximum Gasteiger partial charge on any atom is 0.197 e. The highest BCUT2D eigenvalue weighted by Crippen LogP contribution is 2.35. The Bertz CT molecular complexity index is 307. The van der Waals surface area contributed by atoms with Crippen LogP contribution in [0.1, 0.15) is 6.42 Å². The van der Waals surface area contributed by atoms with Gasteiger partial charge in [-0.15, -0.1) is 0 Å². The molecule has 1 aromatic rings. The maximum absolute atomic E-state index is 11.0. The zero-order valence-corrected chi connectivity index (χ0v) is 9.21. The molecular weight excluding hydrogens is 197 g/mol. The number of anilines is 1. The highest BCUT2D eigenvalue weighted by atomic mass is 31.2. The minimum Gasteiger partial charge on any atom is -0.385 e. The molecule has 1 rings (SSSR count). The number of nitrogens with one attached hydrogen (secondary N) is 1. The molecule has 0 saturated heterocycles. The van der Waals surface area contributed by atoms with E-state index in [1.54, 1.807) is 0 Å². The Hall–Kier alpha value is -0.790. The van der Waals surface area contributed by atoms with Crippen molar-refractivity contribution >= 4 is 13.1 Å². The van der Waals surface area contributed by atoms with E-state index >= 15 is 0 Å². The van der Waals surface area contributed by atoms with Crippen molar-refractivity contribution in [1.82, 2.24) is 0 Å². The minimum atomic E-state index is -2.83. The summed E-state index contributed by atoms with van der Waals surface area (Å²) in [4.78, 5) is 9.04. The fourth-order valence-electron chi connectivity index (χ4n) is 1.16. The third-order valence-electron chi connectivity index (χ3n) is 1.85. The maximum atomic E-state index is 11.0. The van der Waals surface area contributed by atoms with Crippen LogP contribution in [0.4, 0.5) is 5.69 Å². The van der Waals surface area contributed by atoms with Gasteiger partial charge in [-0.05, 0) is 18.6 Å². The van der Waals surface area contributed by atoms with Crippen molar-refractivity contribution in [2.45, 2.75) is 6.42 Å². The van der Waals surface area contributed by atoms with Crippen LogP contribution in [0.3, 0.4) is 0 Å². The average Bonchev–Trinajstić information content (AvgIpc) is 2.13. The molecule has 1 unspecified atom stereocenters. The molecule has 14 heavy (non-hydrogen) atoms. The second-order valence-corrected chi connectivity index (χ2v) is 5.97. The standard InChI is InChI=1S/C10H16NO2P/c1-14(12,13)9-5-8-11-10-6-3-2-4-7-10/h2-4,6-7,11H,5,8-9H2,1H3,(H,12,13). The minimum absolute atomic E-state index is 0.382. The molecule has 0 aromatic heterocycles. The average molecular weight is 213 g/mol. The number of hydrogen-bond donors (Lipinski definition) is 2. The monoisotopic (exact) mass is 213 g/mol. The first-order chi connectivity index (χ1) is 6.58. The van der Waals surface area contributed by atoms with E-state index in [1.807, 2.05) is 30.3 Å². The Labute approximate surface area is 84.6 Å². The predicted octanol–water partition coefficient (Wildman–Crippen LogP) is 2.39. The second kappa shape index (κ2) is 5.18. The van der Waals surface area contributed by atoms with Crippen LogP contribution in [-0.4, -0.2) is 24.3 Å². The Morgan fingerprint density at radius 3 is 2.57 bits per heavy atom. The van der Waals surface area contributed by atoms with Crippen molar-refractivity contribution in [3.63, 3.8) is 0 Å². The van der Waals surface area contributed by atoms with Gasteiger partial charge in [0.2, 0.25) is 0 Å². The van der Waals surface area contributed by atoms with Crippen molar-refractivity contribution in [2.75, 3.05) is 24.7 Å². The molecule has 1 aromatic carbocycles. The molecule has 0 fully saturated rings. The normalized spacial score (nSPS) is 14.7. The topological polar surface area (TPSA) is 49.3 Å². The summed E-state index contributed by atoms with van der Waals surface area (Å²) < 4.78 is 11.0. The van der Waals surface area contributed by atoms with Crippen LogP contribution >= 0.6 is 7.37 Å². The molecule has 78 valence electrons. The molecule has 4 heteroatoms. The fraction of sp³-hybridized carbons (Fsp3) is 0.400. The third-order valence-corrected chi connectivity index (χ3v) is 3.00. The van der Waals surface area contributed by atoms with Gasteiger partial charge in [0.1, 0.15) is 0 Å². The largest absolute Gasteiger partial charge is 0.385 e. The SMILES string of the molecule is CP(=O)(O)CCCNc1ccccc1. The van der Waals surface area contributed by atoms with E-state index in [-0.39, 0.29) is 0 Å². The van der Waals surface area contributed by atoms with Gasteiger partial charge in [-0.25, -0.2) is 0 Å². The fourth-order valence-corrected chi connectivity index (χ4v) is 1.91. The molecule has 0 amide bonds. The van der Waals surface area contributed by atoms with Gasteiger partial charge in [-0.2, -0.15) is 0 Å². The lowest BCUT2D eigenvalue weighted by molar-refractivity contribution is 0.483. The van der Waals surface area contributed by atoms with Crippen LogP contribution < -0.4 is 5.32 Å². The van der Waals surface area contributed by atoms with Gasteiger partial charge in [-0.3, -0.25) is 4.57 Å². The Morgan fingerprint density at radius 1 is 1.36 bits per heavy atom. The van der Waals surface area contributed by atoms with E-state index in [0.29, 0.717) is 6.16 Å². The molecular formula is C10H16NO2P. The summed E-state index contributed by atoms with van der Waals surface area (Å²) in [6.07, 6.45) is 1.10. The summed E-state index contributed by atoms with van der Waals surface area (Å²) in [6.45, 7) is 2.14. The van der Waals surface area contributed by atoms with Crippen molar-refractivity contribution in [3.05, 3.63) is 30.3 Å². The molecule has 0 bridgehead atoms. The van der Waals surface area contributed by atoms with Crippen LogP contribution in [0.2, 0.25) is 0 Å². The number of benzene rings is 1. The van der Waals surface area contributed by atoms with Gasteiger partial charge < -0.3 is 10.2 Å². The molecule has 0 aliphatic heterocycles. The van der Waals surface area contributed by atoms with Gasteiger partial charge in [0.05, 0.1) is 0 Å².